The van der Waals surface area contributed by atoms with Gasteiger partial charge in [-0.25, -0.2) is 4.98 Å². The average molecular weight is 418 g/mol. The van der Waals surface area contributed by atoms with Gasteiger partial charge in [-0.2, -0.15) is 8.78 Å². The number of H-pyrrole nitrogens is 1. The summed E-state index contributed by atoms with van der Waals surface area (Å²) in [5, 5.41) is 0. The van der Waals surface area contributed by atoms with Crippen LogP contribution in [0.1, 0.15) is 43.4 Å². The fourth-order valence-electron chi connectivity index (χ4n) is 4.62. The lowest BCUT2D eigenvalue weighted by atomic mass is 10.0. The zero-order valence-corrected chi connectivity index (χ0v) is 17.2. The van der Waals surface area contributed by atoms with Crippen molar-refractivity contribution in [3.05, 3.63) is 52.1 Å². The molecule has 0 aromatic carbocycles. The molecule has 1 unspecified atom stereocenters. The fourth-order valence-corrected chi connectivity index (χ4v) is 4.62. The molecule has 0 bridgehead atoms. The van der Waals surface area contributed by atoms with Crippen LogP contribution in [-0.2, 0) is 6.42 Å². The van der Waals surface area contributed by atoms with Gasteiger partial charge in [0.05, 0.1) is 11.9 Å². The van der Waals surface area contributed by atoms with E-state index in [4.69, 9.17) is 0 Å². The largest absolute Gasteiger partial charge is 0.417 e. The summed E-state index contributed by atoms with van der Waals surface area (Å²) >= 11 is 0. The topological polar surface area (TPSA) is 61.5 Å². The normalized spacial score (nSPS) is 20.8. The molecule has 4 rings (SSSR count). The Morgan fingerprint density at radius 2 is 1.97 bits per heavy atom. The van der Waals surface area contributed by atoms with Crippen LogP contribution in [0.3, 0.4) is 0 Å². The van der Waals surface area contributed by atoms with E-state index < -0.39 is 6.61 Å². The van der Waals surface area contributed by atoms with Gasteiger partial charge in [0.1, 0.15) is 0 Å². The summed E-state index contributed by atoms with van der Waals surface area (Å²) < 4.78 is 28.8. The van der Waals surface area contributed by atoms with E-state index in [1.54, 1.807) is 12.3 Å². The van der Waals surface area contributed by atoms with E-state index in [1.807, 2.05) is 13.0 Å². The van der Waals surface area contributed by atoms with Gasteiger partial charge in [0.2, 0.25) is 5.88 Å². The van der Waals surface area contributed by atoms with Crippen LogP contribution in [0.15, 0.2) is 35.3 Å². The van der Waals surface area contributed by atoms with Crippen LogP contribution in [0.25, 0.3) is 0 Å². The van der Waals surface area contributed by atoms with Gasteiger partial charge in [-0.05, 0) is 44.4 Å². The molecule has 4 heterocycles. The number of nitrogens with one attached hydrogen (secondary N) is 1. The number of aromatic amines is 1. The lowest BCUT2D eigenvalue weighted by Gasteiger charge is -2.37. The zero-order valence-electron chi connectivity index (χ0n) is 17.2. The third kappa shape index (κ3) is 4.64. The maximum Gasteiger partial charge on any atom is 0.388 e. The number of rotatable bonds is 6. The van der Waals surface area contributed by atoms with Gasteiger partial charge in [0, 0.05) is 48.9 Å². The Hall–Kier alpha value is -2.48. The number of ether oxygens (including phenoxy) is 1. The first kappa shape index (κ1) is 20.8. The van der Waals surface area contributed by atoms with Crippen LogP contribution in [0.5, 0.6) is 5.88 Å². The van der Waals surface area contributed by atoms with Crippen LogP contribution in [0.2, 0.25) is 0 Å². The zero-order chi connectivity index (χ0) is 21.1. The molecular weight excluding hydrogens is 390 g/mol. The Kier molecular flexibility index (Phi) is 6.32. The predicted molar refractivity (Wildman–Crippen MR) is 111 cm³/mol. The highest BCUT2D eigenvalue weighted by Gasteiger charge is 2.32. The molecular formula is C22H28F2N4O2. The van der Waals surface area contributed by atoms with Crippen LogP contribution in [-0.4, -0.2) is 53.7 Å². The maximum atomic E-state index is 12.3. The van der Waals surface area contributed by atoms with Crippen molar-refractivity contribution in [2.45, 2.75) is 51.2 Å². The Bertz CT molecular complexity index is 895. The van der Waals surface area contributed by atoms with Gasteiger partial charge in [-0.1, -0.05) is 13.0 Å². The van der Waals surface area contributed by atoms with Crippen molar-refractivity contribution in [1.29, 1.82) is 0 Å². The third-order valence-corrected chi connectivity index (χ3v) is 6.33. The van der Waals surface area contributed by atoms with Crippen LogP contribution in [0, 0.1) is 0 Å². The minimum absolute atomic E-state index is 0.0420. The number of aryl methyl sites for hydroxylation is 1. The van der Waals surface area contributed by atoms with Crippen LogP contribution >= 0.6 is 0 Å². The number of piperidine rings is 1. The average Bonchev–Trinajstić information content (AvgIpc) is 3.24. The van der Waals surface area contributed by atoms with E-state index in [0.717, 1.165) is 68.8 Å². The van der Waals surface area contributed by atoms with Crippen molar-refractivity contribution in [2.24, 2.45) is 0 Å². The Morgan fingerprint density at radius 3 is 2.60 bits per heavy atom. The van der Waals surface area contributed by atoms with Gasteiger partial charge >= 0.3 is 6.61 Å². The second-order valence-electron chi connectivity index (χ2n) is 8.05. The first-order chi connectivity index (χ1) is 14.5. The summed E-state index contributed by atoms with van der Waals surface area (Å²) in [4.78, 5) is 24.0. The number of nitrogens with zero attached hydrogens (tertiary/aromatic N) is 3. The molecule has 0 spiro atoms. The molecule has 2 aromatic heterocycles. The smallest absolute Gasteiger partial charge is 0.388 e. The van der Waals surface area contributed by atoms with Crippen LogP contribution < -0.4 is 15.2 Å². The highest BCUT2D eigenvalue weighted by Crippen LogP contribution is 2.31. The van der Waals surface area contributed by atoms with Gasteiger partial charge in [-0.3, -0.25) is 9.69 Å². The minimum atomic E-state index is -2.86. The maximum absolute atomic E-state index is 12.3. The molecule has 1 N–H and O–H groups in total. The molecule has 1 atom stereocenters. The SMILES string of the molecule is CCc1ccc(C2CCN(C3CCN(c4ccc(OC(F)F)nc4)CC3)C2)[nH]c1=O. The molecule has 162 valence electrons. The fraction of sp³-hybridized carbons (Fsp3) is 0.545. The number of alkyl halides is 2. The Labute approximate surface area is 174 Å². The van der Waals surface area contributed by atoms with E-state index >= 15 is 0 Å². The van der Waals surface area contributed by atoms with Gasteiger partial charge in [-0.15, -0.1) is 0 Å². The molecule has 30 heavy (non-hydrogen) atoms. The highest BCUT2D eigenvalue weighted by atomic mass is 19.3. The lowest BCUT2D eigenvalue weighted by molar-refractivity contribution is -0.0528. The van der Waals surface area contributed by atoms with Crippen molar-refractivity contribution in [3.63, 3.8) is 0 Å². The standard InChI is InChI=1S/C22H28F2N4O2/c1-2-15-3-5-19(26-21(15)29)16-7-10-28(14-16)17-8-11-27(12-9-17)18-4-6-20(25-13-18)30-22(23)24/h3-6,13,16-17,22H,2,7-12,14H2,1H3,(H,26,29). The van der Waals surface area contributed by atoms with Crippen LogP contribution in [0.4, 0.5) is 14.5 Å². The molecule has 2 aliphatic rings. The van der Waals surface area contributed by atoms with E-state index in [9.17, 15) is 13.6 Å². The first-order valence-electron chi connectivity index (χ1n) is 10.7. The van der Waals surface area contributed by atoms with Gasteiger partial charge in [0.25, 0.3) is 5.56 Å². The number of aromatic nitrogens is 2. The monoisotopic (exact) mass is 418 g/mol. The number of halogens is 2. The van der Waals surface area contributed by atoms with Crippen molar-refractivity contribution in [3.8, 4) is 5.88 Å². The second kappa shape index (κ2) is 9.12. The van der Waals surface area contributed by atoms with Crippen molar-refractivity contribution in [1.82, 2.24) is 14.9 Å². The second-order valence-corrected chi connectivity index (χ2v) is 8.05. The van der Waals surface area contributed by atoms with E-state index in [2.05, 4.69) is 30.6 Å². The third-order valence-electron chi connectivity index (χ3n) is 6.33. The molecule has 2 fully saturated rings. The minimum Gasteiger partial charge on any atom is -0.417 e. The summed E-state index contributed by atoms with van der Waals surface area (Å²) in [6.45, 7) is 2.98. The summed E-state index contributed by atoms with van der Waals surface area (Å²) in [6.07, 6.45) is 5.51. The summed E-state index contributed by atoms with van der Waals surface area (Å²) in [7, 11) is 0. The highest BCUT2D eigenvalue weighted by molar-refractivity contribution is 5.45. The summed E-state index contributed by atoms with van der Waals surface area (Å²) in [5.41, 5.74) is 2.86. The molecule has 0 saturated carbocycles. The number of likely N-dealkylation sites (tertiary alicyclic amines) is 1. The molecule has 0 radical (unpaired) electrons. The van der Waals surface area contributed by atoms with Crippen molar-refractivity contribution in [2.75, 3.05) is 31.1 Å². The van der Waals surface area contributed by atoms with E-state index in [0.29, 0.717) is 12.0 Å². The number of hydrogen-bond donors (Lipinski definition) is 1. The molecule has 2 aromatic rings. The number of anilines is 1. The quantitative estimate of drug-likeness (QED) is 0.779. The van der Waals surface area contributed by atoms with Gasteiger partial charge < -0.3 is 14.6 Å². The first-order valence-corrected chi connectivity index (χ1v) is 10.7. The molecule has 6 nitrogen and oxygen atoms in total. The summed E-state index contributed by atoms with van der Waals surface area (Å²) in [6, 6.07) is 7.84. The molecule has 0 amide bonds. The molecule has 8 heteroatoms. The van der Waals surface area contributed by atoms with Crippen molar-refractivity contribution < 1.29 is 13.5 Å². The van der Waals surface area contributed by atoms with Gasteiger partial charge in [0.15, 0.2) is 0 Å². The van der Waals surface area contributed by atoms with E-state index in [1.165, 1.54) is 6.07 Å². The van der Waals surface area contributed by atoms with Crippen molar-refractivity contribution >= 4 is 5.69 Å². The van der Waals surface area contributed by atoms with E-state index in [-0.39, 0.29) is 11.4 Å². The predicted octanol–water partition coefficient (Wildman–Crippen LogP) is 3.39. The Morgan fingerprint density at radius 1 is 1.17 bits per heavy atom. The Balaban J connectivity index is 1.30. The summed E-state index contributed by atoms with van der Waals surface area (Å²) in [5.74, 6) is 0.324. The number of hydrogen-bond acceptors (Lipinski definition) is 5. The lowest BCUT2D eigenvalue weighted by Crippen LogP contribution is -2.44. The molecule has 0 aliphatic carbocycles. The molecule has 2 aliphatic heterocycles. The molecule has 2 saturated heterocycles. The number of pyridine rings is 2.